The zero-order valence-electron chi connectivity index (χ0n) is 12.1. The van der Waals surface area contributed by atoms with Crippen LogP contribution < -0.4 is 16.0 Å². The van der Waals surface area contributed by atoms with Gasteiger partial charge in [-0.1, -0.05) is 0 Å². The molecule has 0 spiro atoms. The first kappa shape index (κ1) is 17.1. The Morgan fingerprint density at radius 2 is 1.80 bits per heavy atom. The van der Waals surface area contributed by atoms with E-state index in [1.807, 2.05) is 0 Å². The van der Waals surface area contributed by atoms with E-state index in [4.69, 9.17) is 5.84 Å². The van der Waals surface area contributed by atoms with Crippen molar-refractivity contribution in [2.75, 3.05) is 18.2 Å². The number of anilines is 1. The van der Waals surface area contributed by atoms with Gasteiger partial charge in [-0.2, -0.15) is 0 Å². The van der Waals surface area contributed by atoms with Crippen LogP contribution in [0.1, 0.15) is 18.1 Å². The fourth-order valence-electron chi connectivity index (χ4n) is 1.87. The van der Waals surface area contributed by atoms with Gasteiger partial charge >= 0.3 is 0 Å². The van der Waals surface area contributed by atoms with Crippen molar-refractivity contribution < 1.29 is 12.6 Å². The average molecular weight is 319 g/mol. The first-order chi connectivity index (χ1) is 9.19. The van der Waals surface area contributed by atoms with Gasteiger partial charge in [0, 0.05) is 34.5 Å². The lowest BCUT2D eigenvalue weighted by Crippen LogP contribution is -2.33. The number of hydrogen-bond acceptors (Lipinski definition) is 5. The molecule has 0 aliphatic carbocycles. The summed E-state index contributed by atoms with van der Waals surface area (Å²) in [6, 6.07) is 3.34. The molecule has 0 saturated carbocycles. The molecule has 1 aromatic rings. The SMILES string of the molecule is Cc1cc(NN)cc(C)c1S(=O)(=O)NCC(C)S(C)=O. The second kappa shape index (κ2) is 6.66. The van der Waals surface area contributed by atoms with Crippen LogP contribution in [0.3, 0.4) is 0 Å². The summed E-state index contributed by atoms with van der Waals surface area (Å²) in [6.45, 7) is 5.30. The fraction of sp³-hybridized carbons (Fsp3) is 0.500. The van der Waals surface area contributed by atoms with Gasteiger partial charge in [0.25, 0.3) is 0 Å². The van der Waals surface area contributed by atoms with Crippen molar-refractivity contribution in [3.05, 3.63) is 23.3 Å². The quantitative estimate of drug-likeness (QED) is 0.527. The van der Waals surface area contributed by atoms with Gasteiger partial charge in [-0.05, 0) is 44.0 Å². The molecule has 8 heteroatoms. The van der Waals surface area contributed by atoms with Crippen molar-refractivity contribution in [3.63, 3.8) is 0 Å². The van der Waals surface area contributed by atoms with Crippen LogP contribution in [-0.2, 0) is 20.8 Å². The Hall–Kier alpha value is -0.960. The van der Waals surface area contributed by atoms with Crippen LogP contribution >= 0.6 is 0 Å². The van der Waals surface area contributed by atoms with E-state index in [1.165, 1.54) is 0 Å². The minimum absolute atomic E-state index is 0.140. The maximum atomic E-state index is 12.3. The smallest absolute Gasteiger partial charge is 0.241 e. The van der Waals surface area contributed by atoms with E-state index in [9.17, 15) is 12.6 Å². The van der Waals surface area contributed by atoms with Crippen molar-refractivity contribution in [3.8, 4) is 0 Å². The molecule has 4 N–H and O–H groups in total. The van der Waals surface area contributed by atoms with Crippen molar-refractivity contribution >= 4 is 26.5 Å². The van der Waals surface area contributed by atoms with E-state index in [2.05, 4.69) is 10.1 Å². The Labute approximate surface area is 122 Å². The molecule has 0 radical (unpaired) electrons. The number of hydrogen-bond donors (Lipinski definition) is 3. The van der Waals surface area contributed by atoms with Gasteiger partial charge in [0.2, 0.25) is 10.0 Å². The lowest BCUT2D eigenvalue weighted by Gasteiger charge is -2.15. The molecule has 0 bridgehead atoms. The van der Waals surface area contributed by atoms with Crippen molar-refractivity contribution in [1.29, 1.82) is 0 Å². The summed E-state index contributed by atoms with van der Waals surface area (Å²) in [7, 11) is -4.70. The summed E-state index contributed by atoms with van der Waals surface area (Å²) >= 11 is 0. The van der Waals surface area contributed by atoms with Crippen LogP contribution in [0.5, 0.6) is 0 Å². The largest absolute Gasteiger partial charge is 0.324 e. The number of nitrogens with one attached hydrogen (secondary N) is 2. The fourth-order valence-corrected chi connectivity index (χ4v) is 3.88. The second-order valence-corrected chi connectivity index (χ2v) is 8.25. The van der Waals surface area contributed by atoms with E-state index in [-0.39, 0.29) is 16.7 Å². The monoisotopic (exact) mass is 319 g/mol. The molecular formula is C12H21N3O3S2. The number of nitrogen functional groups attached to an aromatic ring is 1. The Kier molecular flexibility index (Phi) is 5.69. The third-order valence-electron chi connectivity index (χ3n) is 3.02. The van der Waals surface area contributed by atoms with Gasteiger partial charge in [-0.25, -0.2) is 13.1 Å². The Balaban J connectivity index is 3.07. The minimum atomic E-state index is -3.63. The van der Waals surface area contributed by atoms with Crippen molar-refractivity contribution in [1.82, 2.24) is 4.72 Å². The molecule has 1 aromatic carbocycles. The van der Waals surface area contributed by atoms with E-state index in [0.29, 0.717) is 16.8 Å². The molecular weight excluding hydrogens is 298 g/mol. The van der Waals surface area contributed by atoms with Gasteiger partial charge in [-0.15, -0.1) is 0 Å². The summed E-state index contributed by atoms with van der Waals surface area (Å²) in [6.07, 6.45) is 1.55. The average Bonchev–Trinajstić information content (AvgIpc) is 2.34. The summed E-state index contributed by atoms with van der Waals surface area (Å²) in [5.74, 6) is 5.33. The molecule has 0 amide bonds. The summed E-state index contributed by atoms with van der Waals surface area (Å²) in [4.78, 5) is 0.241. The molecule has 2 atom stereocenters. The number of benzene rings is 1. The third kappa shape index (κ3) is 4.02. The number of rotatable bonds is 6. The highest BCUT2D eigenvalue weighted by Crippen LogP contribution is 2.23. The van der Waals surface area contributed by atoms with Crippen LogP contribution in [0.15, 0.2) is 17.0 Å². The zero-order chi connectivity index (χ0) is 15.5. The standard InChI is InChI=1S/C12H21N3O3S2/c1-8-5-11(15-13)6-9(2)12(8)20(17,18)14-7-10(3)19(4)16/h5-6,10,14-15H,7,13H2,1-4H3. The molecule has 2 unspecified atom stereocenters. The van der Waals surface area contributed by atoms with Crippen LogP contribution in [0.25, 0.3) is 0 Å². The highest BCUT2D eigenvalue weighted by Gasteiger charge is 2.21. The van der Waals surface area contributed by atoms with Crippen molar-refractivity contribution in [2.24, 2.45) is 5.84 Å². The van der Waals surface area contributed by atoms with Gasteiger partial charge < -0.3 is 5.43 Å². The predicted octanol–water partition coefficient (Wildman–Crippen LogP) is 0.634. The van der Waals surface area contributed by atoms with Crippen LogP contribution in [0.2, 0.25) is 0 Å². The lowest BCUT2D eigenvalue weighted by atomic mass is 10.1. The van der Waals surface area contributed by atoms with Crippen molar-refractivity contribution in [2.45, 2.75) is 30.9 Å². The summed E-state index contributed by atoms with van der Waals surface area (Å²) < 4.78 is 38.4. The Morgan fingerprint density at radius 3 is 2.20 bits per heavy atom. The minimum Gasteiger partial charge on any atom is -0.324 e. The van der Waals surface area contributed by atoms with Crippen LogP contribution in [0.4, 0.5) is 5.69 Å². The Bertz CT molecular complexity index is 591. The first-order valence-corrected chi connectivity index (χ1v) is 9.19. The maximum Gasteiger partial charge on any atom is 0.241 e. The molecule has 0 saturated heterocycles. The molecule has 114 valence electrons. The van der Waals surface area contributed by atoms with E-state index < -0.39 is 20.8 Å². The highest BCUT2D eigenvalue weighted by molar-refractivity contribution is 7.89. The van der Waals surface area contributed by atoms with E-state index in [0.717, 1.165) is 0 Å². The lowest BCUT2D eigenvalue weighted by molar-refractivity contribution is 0.579. The predicted molar refractivity (Wildman–Crippen MR) is 82.4 cm³/mol. The molecule has 0 aliphatic rings. The Morgan fingerprint density at radius 1 is 1.30 bits per heavy atom. The van der Waals surface area contributed by atoms with Gasteiger partial charge in [0.05, 0.1) is 4.90 Å². The number of sulfonamides is 1. The maximum absolute atomic E-state index is 12.3. The molecule has 0 aliphatic heterocycles. The van der Waals surface area contributed by atoms with Gasteiger partial charge in [0.15, 0.2) is 0 Å². The zero-order valence-corrected chi connectivity index (χ0v) is 13.7. The normalized spacial score (nSPS) is 14.8. The third-order valence-corrected chi connectivity index (χ3v) is 6.05. The van der Waals surface area contributed by atoms with E-state index >= 15 is 0 Å². The molecule has 0 heterocycles. The number of aryl methyl sites for hydroxylation is 2. The number of nitrogens with two attached hydrogens (primary N) is 1. The number of hydrazine groups is 1. The molecule has 6 nitrogen and oxygen atoms in total. The first-order valence-electron chi connectivity index (χ1n) is 6.08. The van der Waals surface area contributed by atoms with Crippen LogP contribution in [0, 0.1) is 13.8 Å². The molecule has 0 fully saturated rings. The highest BCUT2D eigenvalue weighted by atomic mass is 32.2. The van der Waals surface area contributed by atoms with Crippen LogP contribution in [-0.4, -0.2) is 30.7 Å². The summed E-state index contributed by atoms with van der Waals surface area (Å²) in [5, 5.41) is -0.240. The molecule has 20 heavy (non-hydrogen) atoms. The molecule has 1 rings (SSSR count). The van der Waals surface area contributed by atoms with Gasteiger partial charge in [-0.3, -0.25) is 10.1 Å². The topological polar surface area (TPSA) is 101 Å². The van der Waals surface area contributed by atoms with E-state index in [1.54, 1.807) is 39.2 Å². The van der Waals surface area contributed by atoms with Gasteiger partial charge in [0.1, 0.15) is 0 Å². The second-order valence-electron chi connectivity index (χ2n) is 4.74. The summed E-state index contributed by atoms with van der Waals surface area (Å²) in [5.41, 5.74) is 4.37. The molecule has 0 aromatic heterocycles.